The fraction of sp³-hybridized carbons (Fsp3) is 0.222. The Bertz CT molecular complexity index is 760. The zero-order valence-electron chi connectivity index (χ0n) is 14.2. The first-order valence-corrected chi connectivity index (χ1v) is 7.84. The number of halogens is 1. The van der Waals surface area contributed by atoms with Gasteiger partial charge in [-0.1, -0.05) is 34.5 Å². The molecular weight excluding hydrogens is 344 g/mol. The largest absolute Gasteiger partial charge is 0.493 e. The zero-order chi connectivity index (χ0) is 18.2. The number of nitrogens with one attached hydrogen (secondary N) is 1. The minimum atomic E-state index is -0.300. The Hall–Kier alpha value is -2.73. The van der Waals surface area contributed by atoms with Crippen LogP contribution in [0.3, 0.4) is 0 Å². The van der Waals surface area contributed by atoms with E-state index in [4.69, 9.17) is 25.9 Å². The highest BCUT2D eigenvalue weighted by molar-refractivity contribution is 6.32. The van der Waals surface area contributed by atoms with Crippen LogP contribution in [0.2, 0.25) is 5.02 Å². The number of rotatable bonds is 7. The monoisotopic (exact) mass is 362 g/mol. The fourth-order valence-electron chi connectivity index (χ4n) is 2.04. The third kappa shape index (κ3) is 5.39. The van der Waals surface area contributed by atoms with E-state index >= 15 is 0 Å². The van der Waals surface area contributed by atoms with Crippen LogP contribution in [0.1, 0.15) is 11.1 Å². The molecule has 0 unspecified atom stereocenters. The summed E-state index contributed by atoms with van der Waals surface area (Å²) >= 11 is 6.11. The molecule has 1 N–H and O–H groups in total. The van der Waals surface area contributed by atoms with Crippen LogP contribution in [0.4, 0.5) is 5.69 Å². The SMILES string of the molecule is COc1cc(/C=N\OCC(=O)Nc2ccc(C)cc2)cc(Cl)c1OC. The molecular formula is C18H19ClN2O4. The standard InChI is InChI=1S/C18H19ClN2O4/c1-12-4-6-14(7-5-12)21-17(22)11-25-20-10-13-8-15(19)18(24-3)16(9-13)23-2/h4-10H,11H2,1-3H3,(H,21,22)/b20-10-. The van der Waals surface area contributed by atoms with Gasteiger partial charge in [-0.25, -0.2) is 0 Å². The lowest BCUT2D eigenvalue weighted by Gasteiger charge is -2.09. The van der Waals surface area contributed by atoms with Gasteiger partial charge in [-0.15, -0.1) is 0 Å². The van der Waals surface area contributed by atoms with E-state index in [1.54, 1.807) is 12.1 Å². The van der Waals surface area contributed by atoms with Crippen LogP contribution < -0.4 is 14.8 Å². The number of carbonyl (C=O) groups is 1. The van der Waals surface area contributed by atoms with Gasteiger partial charge in [-0.2, -0.15) is 0 Å². The van der Waals surface area contributed by atoms with Gasteiger partial charge in [0, 0.05) is 11.3 Å². The number of carbonyl (C=O) groups excluding carboxylic acids is 1. The molecule has 0 bridgehead atoms. The molecule has 6 nitrogen and oxygen atoms in total. The van der Waals surface area contributed by atoms with Crippen molar-refractivity contribution < 1.29 is 19.1 Å². The van der Waals surface area contributed by atoms with Gasteiger partial charge in [-0.3, -0.25) is 4.79 Å². The topological polar surface area (TPSA) is 69.2 Å². The molecule has 0 radical (unpaired) electrons. The minimum absolute atomic E-state index is 0.203. The Morgan fingerprint density at radius 2 is 1.92 bits per heavy atom. The molecule has 2 rings (SSSR count). The summed E-state index contributed by atoms with van der Waals surface area (Å²) in [5, 5.41) is 6.87. The van der Waals surface area contributed by atoms with E-state index in [0.29, 0.717) is 27.8 Å². The van der Waals surface area contributed by atoms with Crippen LogP contribution in [0.15, 0.2) is 41.6 Å². The van der Waals surface area contributed by atoms with Crippen LogP contribution >= 0.6 is 11.6 Å². The van der Waals surface area contributed by atoms with Crippen LogP contribution in [-0.2, 0) is 9.63 Å². The van der Waals surface area contributed by atoms with Crippen molar-refractivity contribution in [3.63, 3.8) is 0 Å². The van der Waals surface area contributed by atoms with Gasteiger partial charge in [-0.05, 0) is 31.2 Å². The molecule has 0 spiro atoms. The molecule has 0 saturated heterocycles. The summed E-state index contributed by atoms with van der Waals surface area (Å²) in [6, 6.07) is 10.8. The minimum Gasteiger partial charge on any atom is -0.493 e. The maximum Gasteiger partial charge on any atom is 0.265 e. The summed E-state index contributed by atoms with van der Waals surface area (Å²) < 4.78 is 10.4. The molecule has 25 heavy (non-hydrogen) atoms. The Morgan fingerprint density at radius 3 is 2.56 bits per heavy atom. The molecule has 0 atom stereocenters. The summed E-state index contributed by atoms with van der Waals surface area (Å²) in [4.78, 5) is 16.8. The highest BCUT2D eigenvalue weighted by Gasteiger charge is 2.10. The molecule has 1 amide bonds. The maximum absolute atomic E-state index is 11.8. The Kier molecular flexibility index (Phi) is 6.65. The first-order valence-electron chi connectivity index (χ1n) is 7.47. The normalized spacial score (nSPS) is 10.6. The molecule has 0 aliphatic carbocycles. The first kappa shape index (κ1) is 18.6. The second-order valence-corrected chi connectivity index (χ2v) is 5.57. The van der Waals surface area contributed by atoms with Crippen molar-refractivity contribution in [1.29, 1.82) is 0 Å². The van der Waals surface area contributed by atoms with Gasteiger partial charge in [0.05, 0.1) is 25.5 Å². The number of nitrogens with zero attached hydrogens (tertiary/aromatic N) is 1. The number of benzene rings is 2. The van der Waals surface area contributed by atoms with Gasteiger partial charge >= 0.3 is 0 Å². The van der Waals surface area contributed by atoms with Crippen molar-refractivity contribution in [2.24, 2.45) is 5.16 Å². The van der Waals surface area contributed by atoms with Crippen molar-refractivity contribution in [1.82, 2.24) is 0 Å². The van der Waals surface area contributed by atoms with E-state index in [1.807, 2.05) is 31.2 Å². The summed E-state index contributed by atoms with van der Waals surface area (Å²) in [7, 11) is 3.02. The number of methoxy groups -OCH3 is 2. The van der Waals surface area contributed by atoms with Crippen LogP contribution in [0.5, 0.6) is 11.5 Å². The lowest BCUT2D eigenvalue weighted by atomic mass is 10.2. The Balaban J connectivity index is 1.89. The number of hydrogen-bond donors (Lipinski definition) is 1. The summed E-state index contributed by atoms with van der Waals surface area (Å²) in [5.41, 5.74) is 2.48. The molecule has 132 valence electrons. The third-order valence-electron chi connectivity index (χ3n) is 3.26. The Labute approximate surface area is 151 Å². The van der Waals surface area contributed by atoms with E-state index < -0.39 is 0 Å². The third-order valence-corrected chi connectivity index (χ3v) is 3.54. The second-order valence-electron chi connectivity index (χ2n) is 5.16. The number of anilines is 1. The van der Waals surface area contributed by atoms with Crippen molar-refractivity contribution in [3.05, 3.63) is 52.5 Å². The second kappa shape index (κ2) is 8.94. The molecule has 2 aromatic rings. The summed E-state index contributed by atoms with van der Waals surface area (Å²) in [5.74, 6) is 0.625. The number of ether oxygens (including phenoxy) is 2. The summed E-state index contributed by atoms with van der Waals surface area (Å²) in [6.45, 7) is 1.77. The van der Waals surface area contributed by atoms with Crippen molar-refractivity contribution >= 4 is 29.4 Å². The molecule has 0 saturated carbocycles. The van der Waals surface area contributed by atoms with Gasteiger partial charge in [0.15, 0.2) is 18.1 Å². The van der Waals surface area contributed by atoms with Gasteiger partial charge in [0.1, 0.15) is 0 Å². The lowest BCUT2D eigenvalue weighted by Crippen LogP contribution is -2.16. The average Bonchev–Trinajstić information content (AvgIpc) is 2.60. The van der Waals surface area contributed by atoms with E-state index in [9.17, 15) is 4.79 Å². The molecule has 2 aromatic carbocycles. The van der Waals surface area contributed by atoms with E-state index in [1.165, 1.54) is 20.4 Å². The van der Waals surface area contributed by atoms with Crippen LogP contribution in [0.25, 0.3) is 0 Å². The number of hydrogen-bond acceptors (Lipinski definition) is 5. The van der Waals surface area contributed by atoms with Crippen molar-refractivity contribution in [2.75, 3.05) is 26.1 Å². The number of aryl methyl sites for hydroxylation is 1. The number of oxime groups is 1. The van der Waals surface area contributed by atoms with E-state index in [2.05, 4.69) is 10.5 Å². The smallest absolute Gasteiger partial charge is 0.265 e. The van der Waals surface area contributed by atoms with Gasteiger partial charge in [0.25, 0.3) is 5.91 Å². The fourth-order valence-corrected chi connectivity index (χ4v) is 2.34. The molecule has 0 aliphatic rings. The van der Waals surface area contributed by atoms with Crippen LogP contribution in [-0.4, -0.2) is 32.9 Å². The van der Waals surface area contributed by atoms with Crippen LogP contribution in [0, 0.1) is 6.92 Å². The van der Waals surface area contributed by atoms with Gasteiger partial charge < -0.3 is 19.6 Å². The Morgan fingerprint density at radius 1 is 1.20 bits per heavy atom. The molecule has 0 aromatic heterocycles. The van der Waals surface area contributed by atoms with Crippen molar-refractivity contribution in [3.8, 4) is 11.5 Å². The zero-order valence-corrected chi connectivity index (χ0v) is 15.0. The maximum atomic E-state index is 11.8. The highest BCUT2D eigenvalue weighted by Crippen LogP contribution is 2.35. The van der Waals surface area contributed by atoms with E-state index in [0.717, 1.165) is 5.56 Å². The lowest BCUT2D eigenvalue weighted by molar-refractivity contribution is -0.120. The van der Waals surface area contributed by atoms with Gasteiger partial charge in [0.2, 0.25) is 0 Å². The van der Waals surface area contributed by atoms with Crippen molar-refractivity contribution in [2.45, 2.75) is 6.92 Å². The highest BCUT2D eigenvalue weighted by atomic mass is 35.5. The molecule has 0 heterocycles. The summed E-state index contributed by atoms with van der Waals surface area (Å²) in [6.07, 6.45) is 1.44. The molecule has 0 aliphatic heterocycles. The predicted molar refractivity (Wildman–Crippen MR) is 97.9 cm³/mol. The quantitative estimate of drug-likeness (QED) is 0.603. The molecule has 0 fully saturated rings. The number of amides is 1. The predicted octanol–water partition coefficient (Wildman–Crippen LogP) is 3.65. The first-order chi connectivity index (χ1) is 12.0. The molecule has 7 heteroatoms. The van der Waals surface area contributed by atoms with E-state index in [-0.39, 0.29) is 12.5 Å². The average molecular weight is 363 g/mol.